The first kappa shape index (κ1) is 5.79. The Morgan fingerprint density at radius 1 is 1.89 bits per heavy atom. The highest BCUT2D eigenvalue weighted by molar-refractivity contribution is 5.29. The third-order valence-electron chi connectivity index (χ3n) is 1.03. The standard InChI is InChI=1S/C5H6N4/c6-1-4-3-8-9-5(4)2-7/h3H,2,7H2,(H,8,9). The van der Waals surface area contributed by atoms with Gasteiger partial charge in [0.1, 0.15) is 6.07 Å². The highest BCUT2D eigenvalue weighted by Gasteiger charge is 1.99. The minimum absolute atomic E-state index is 0.312. The van der Waals surface area contributed by atoms with Crippen molar-refractivity contribution in [2.45, 2.75) is 6.54 Å². The molecule has 0 aromatic carbocycles. The van der Waals surface area contributed by atoms with Gasteiger partial charge in [0.05, 0.1) is 11.3 Å². The van der Waals surface area contributed by atoms with Crippen molar-refractivity contribution < 1.29 is 0 Å². The summed E-state index contributed by atoms with van der Waals surface area (Å²) in [6.07, 6.45) is 1.53. The molecule has 1 rings (SSSR count). The van der Waals surface area contributed by atoms with Crippen molar-refractivity contribution in [3.05, 3.63) is 17.5 Å². The van der Waals surface area contributed by atoms with Crippen LogP contribution in [0.4, 0.5) is 0 Å². The second-order valence-corrected chi connectivity index (χ2v) is 1.56. The molecule has 3 N–H and O–H groups in total. The summed E-state index contributed by atoms with van der Waals surface area (Å²) in [4.78, 5) is 0. The Morgan fingerprint density at radius 3 is 3.11 bits per heavy atom. The summed E-state index contributed by atoms with van der Waals surface area (Å²) in [5.74, 6) is 0. The lowest BCUT2D eigenvalue weighted by Gasteiger charge is -1.83. The van der Waals surface area contributed by atoms with Gasteiger partial charge in [-0.05, 0) is 0 Å². The summed E-state index contributed by atoms with van der Waals surface area (Å²) in [7, 11) is 0. The zero-order chi connectivity index (χ0) is 6.69. The van der Waals surface area contributed by atoms with Crippen molar-refractivity contribution in [2.75, 3.05) is 0 Å². The first-order valence-corrected chi connectivity index (χ1v) is 2.51. The molecule has 0 radical (unpaired) electrons. The zero-order valence-corrected chi connectivity index (χ0v) is 4.76. The molecule has 0 unspecified atom stereocenters. The molecular formula is C5H6N4. The van der Waals surface area contributed by atoms with Crippen molar-refractivity contribution >= 4 is 0 Å². The van der Waals surface area contributed by atoms with Crippen LogP contribution in [0.5, 0.6) is 0 Å². The van der Waals surface area contributed by atoms with Crippen LogP contribution in [0.15, 0.2) is 6.20 Å². The van der Waals surface area contributed by atoms with Crippen LogP contribution in [-0.4, -0.2) is 10.2 Å². The van der Waals surface area contributed by atoms with E-state index in [2.05, 4.69) is 10.2 Å². The summed E-state index contributed by atoms with van der Waals surface area (Å²) in [6.45, 7) is 0.312. The van der Waals surface area contributed by atoms with Crippen molar-refractivity contribution in [1.82, 2.24) is 10.2 Å². The number of hydrogen-bond donors (Lipinski definition) is 2. The number of aromatic nitrogens is 2. The van der Waals surface area contributed by atoms with Gasteiger partial charge in [0.2, 0.25) is 0 Å². The molecule has 4 heteroatoms. The summed E-state index contributed by atoms with van der Waals surface area (Å²) in [5.41, 5.74) is 6.39. The van der Waals surface area contributed by atoms with E-state index in [0.717, 1.165) is 0 Å². The van der Waals surface area contributed by atoms with E-state index in [1.54, 1.807) is 0 Å². The van der Waals surface area contributed by atoms with Crippen LogP contribution in [-0.2, 0) is 6.54 Å². The zero-order valence-electron chi connectivity index (χ0n) is 4.76. The normalized spacial score (nSPS) is 8.89. The third kappa shape index (κ3) is 0.902. The average Bonchev–Trinajstić information content (AvgIpc) is 2.33. The largest absolute Gasteiger partial charge is 0.325 e. The van der Waals surface area contributed by atoms with Crippen LogP contribution in [0.25, 0.3) is 0 Å². The minimum atomic E-state index is 0.312. The first-order valence-electron chi connectivity index (χ1n) is 2.51. The number of aromatic amines is 1. The molecule has 4 nitrogen and oxygen atoms in total. The molecule has 46 valence electrons. The lowest BCUT2D eigenvalue weighted by Crippen LogP contribution is -1.98. The second-order valence-electron chi connectivity index (χ2n) is 1.56. The molecule has 0 atom stereocenters. The Morgan fingerprint density at radius 2 is 2.67 bits per heavy atom. The molecule has 0 saturated carbocycles. The number of hydrogen-bond acceptors (Lipinski definition) is 3. The number of nitriles is 1. The number of H-pyrrole nitrogens is 1. The van der Waals surface area contributed by atoms with E-state index in [1.807, 2.05) is 6.07 Å². The second kappa shape index (κ2) is 2.29. The predicted molar refractivity (Wildman–Crippen MR) is 31.2 cm³/mol. The third-order valence-corrected chi connectivity index (χ3v) is 1.03. The maximum atomic E-state index is 8.37. The summed E-state index contributed by atoms with van der Waals surface area (Å²) in [6, 6.07) is 1.95. The molecule has 0 fully saturated rings. The Bertz CT molecular complexity index is 231. The molecular weight excluding hydrogens is 116 g/mol. The fraction of sp³-hybridized carbons (Fsp3) is 0.200. The van der Waals surface area contributed by atoms with Gasteiger partial charge in [-0.25, -0.2) is 0 Å². The van der Waals surface area contributed by atoms with Gasteiger partial charge in [-0.1, -0.05) is 0 Å². The Kier molecular flexibility index (Phi) is 1.47. The SMILES string of the molecule is N#Cc1c[nH]nc1CN. The number of nitrogens with one attached hydrogen (secondary N) is 1. The molecule has 0 spiro atoms. The maximum absolute atomic E-state index is 8.37. The van der Waals surface area contributed by atoms with Crippen LogP contribution in [0.1, 0.15) is 11.3 Å². The van der Waals surface area contributed by atoms with Crippen molar-refractivity contribution in [3.8, 4) is 6.07 Å². The highest BCUT2D eigenvalue weighted by Crippen LogP contribution is 1.99. The van der Waals surface area contributed by atoms with E-state index < -0.39 is 0 Å². The van der Waals surface area contributed by atoms with E-state index in [-0.39, 0.29) is 0 Å². The van der Waals surface area contributed by atoms with Crippen LogP contribution in [0, 0.1) is 11.3 Å². The lowest BCUT2D eigenvalue weighted by molar-refractivity contribution is 0.945. The lowest BCUT2D eigenvalue weighted by atomic mass is 10.3. The molecule has 0 aliphatic heterocycles. The first-order chi connectivity index (χ1) is 4.38. The van der Waals surface area contributed by atoms with Crippen molar-refractivity contribution in [3.63, 3.8) is 0 Å². The molecule has 0 bridgehead atoms. The smallest absolute Gasteiger partial charge is 0.103 e. The molecule has 9 heavy (non-hydrogen) atoms. The molecule has 0 saturated heterocycles. The molecule has 1 heterocycles. The van der Waals surface area contributed by atoms with Gasteiger partial charge in [0.25, 0.3) is 0 Å². The fourth-order valence-electron chi connectivity index (χ4n) is 0.571. The fourth-order valence-corrected chi connectivity index (χ4v) is 0.571. The Hall–Kier alpha value is -1.34. The molecule has 1 aromatic heterocycles. The van der Waals surface area contributed by atoms with E-state index in [0.29, 0.717) is 17.8 Å². The predicted octanol–water partition coefficient (Wildman–Crippen LogP) is -0.260. The summed E-state index contributed by atoms with van der Waals surface area (Å²) < 4.78 is 0. The van der Waals surface area contributed by atoms with Crippen LogP contribution in [0.3, 0.4) is 0 Å². The summed E-state index contributed by atoms with van der Waals surface area (Å²) >= 11 is 0. The van der Waals surface area contributed by atoms with Gasteiger partial charge in [-0.15, -0.1) is 0 Å². The molecule has 0 amide bonds. The summed E-state index contributed by atoms with van der Waals surface area (Å²) in [5, 5.41) is 14.7. The van der Waals surface area contributed by atoms with Crippen molar-refractivity contribution in [2.24, 2.45) is 5.73 Å². The van der Waals surface area contributed by atoms with Gasteiger partial charge in [-0.2, -0.15) is 10.4 Å². The topological polar surface area (TPSA) is 78.5 Å². The average molecular weight is 122 g/mol. The number of nitrogens with zero attached hydrogens (tertiary/aromatic N) is 2. The van der Waals surface area contributed by atoms with Crippen LogP contribution >= 0.6 is 0 Å². The Labute approximate surface area is 52.3 Å². The number of nitrogens with two attached hydrogens (primary N) is 1. The minimum Gasteiger partial charge on any atom is -0.325 e. The van der Waals surface area contributed by atoms with Gasteiger partial charge in [-0.3, -0.25) is 5.10 Å². The maximum Gasteiger partial charge on any atom is 0.103 e. The Balaban J connectivity index is 3.02. The van der Waals surface area contributed by atoms with Gasteiger partial charge >= 0.3 is 0 Å². The molecule has 0 aliphatic rings. The van der Waals surface area contributed by atoms with Crippen LogP contribution in [0.2, 0.25) is 0 Å². The van der Waals surface area contributed by atoms with E-state index in [4.69, 9.17) is 11.0 Å². The van der Waals surface area contributed by atoms with Gasteiger partial charge in [0.15, 0.2) is 0 Å². The number of rotatable bonds is 1. The van der Waals surface area contributed by atoms with E-state index in [1.165, 1.54) is 6.20 Å². The van der Waals surface area contributed by atoms with Gasteiger partial charge in [0, 0.05) is 12.7 Å². The van der Waals surface area contributed by atoms with E-state index >= 15 is 0 Å². The van der Waals surface area contributed by atoms with E-state index in [9.17, 15) is 0 Å². The molecule has 0 aliphatic carbocycles. The van der Waals surface area contributed by atoms with Crippen molar-refractivity contribution in [1.29, 1.82) is 5.26 Å². The monoisotopic (exact) mass is 122 g/mol. The van der Waals surface area contributed by atoms with Gasteiger partial charge < -0.3 is 5.73 Å². The van der Waals surface area contributed by atoms with Crippen LogP contribution < -0.4 is 5.73 Å². The quantitative estimate of drug-likeness (QED) is 0.538. The molecule has 1 aromatic rings. The highest BCUT2D eigenvalue weighted by atomic mass is 15.1.